The van der Waals surface area contributed by atoms with Crippen molar-refractivity contribution >= 4 is 96.4 Å². The summed E-state index contributed by atoms with van der Waals surface area (Å²) in [6, 6.07) is 78.6. The van der Waals surface area contributed by atoms with E-state index in [-0.39, 0.29) is 0 Å². The molecule has 0 aliphatic carbocycles. The molecule has 0 saturated carbocycles. The Morgan fingerprint density at radius 3 is 1.65 bits per heavy atom. The van der Waals surface area contributed by atoms with E-state index in [0.29, 0.717) is 17.5 Å². The molecule has 0 aliphatic heterocycles. The van der Waals surface area contributed by atoms with Crippen molar-refractivity contribution < 1.29 is 0 Å². The third-order valence-electron chi connectivity index (χ3n) is 13.4. The highest BCUT2D eigenvalue weighted by Crippen LogP contribution is 2.50. The van der Waals surface area contributed by atoms with Crippen molar-refractivity contribution in [2.75, 3.05) is 0 Å². The Morgan fingerprint density at radius 1 is 0.318 bits per heavy atom. The fourth-order valence-corrected chi connectivity index (χ4v) is 11.6. The Morgan fingerprint density at radius 2 is 0.864 bits per heavy atom. The molecule has 3 heterocycles. The van der Waals surface area contributed by atoms with Gasteiger partial charge in [0.05, 0.1) is 22.3 Å². The highest BCUT2D eigenvalue weighted by molar-refractivity contribution is 7.26. The minimum absolute atomic E-state index is 0.619. The number of hydrogen-bond donors (Lipinski definition) is 0. The maximum Gasteiger partial charge on any atom is 0.166 e. The van der Waals surface area contributed by atoms with E-state index in [4.69, 9.17) is 15.0 Å². The molecule has 0 radical (unpaired) electrons. The summed E-state index contributed by atoms with van der Waals surface area (Å²) in [4.78, 5) is 16.6. The molecule has 66 heavy (non-hydrogen) atoms. The molecule has 0 bridgehead atoms. The van der Waals surface area contributed by atoms with E-state index in [2.05, 4.69) is 223 Å². The van der Waals surface area contributed by atoms with Crippen molar-refractivity contribution in [2.24, 2.45) is 0 Å². The highest BCUT2D eigenvalue weighted by Gasteiger charge is 2.27. The van der Waals surface area contributed by atoms with Crippen LogP contribution in [0.5, 0.6) is 0 Å². The molecule has 11 aromatic carbocycles. The minimum Gasteiger partial charge on any atom is -0.308 e. The molecule has 5 heteroatoms. The first-order valence-corrected chi connectivity index (χ1v) is 23.2. The molecular formula is C61H36N4S. The molecule has 0 N–H and O–H groups in total. The summed E-state index contributed by atoms with van der Waals surface area (Å²) in [7, 11) is 0. The molecule has 4 nitrogen and oxygen atoms in total. The molecule has 14 rings (SSSR count). The average Bonchev–Trinajstić information content (AvgIpc) is 3.93. The Balaban J connectivity index is 1.16. The molecule has 0 aliphatic rings. The summed E-state index contributed by atoms with van der Waals surface area (Å²) < 4.78 is 4.94. The summed E-state index contributed by atoms with van der Waals surface area (Å²) in [6.45, 7) is 0. The van der Waals surface area contributed by atoms with Crippen LogP contribution in [0.3, 0.4) is 0 Å². The van der Waals surface area contributed by atoms with Gasteiger partial charge in [0, 0.05) is 52.8 Å². The molecule has 0 fully saturated rings. The average molecular weight is 857 g/mol. The van der Waals surface area contributed by atoms with E-state index in [1.807, 2.05) is 11.3 Å². The predicted molar refractivity (Wildman–Crippen MR) is 279 cm³/mol. The summed E-state index contributed by atoms with van der Waals surface area (Å²) in [5, 5.41) is 14.2. The lowest BCUT2D eigenvalue weighted by Crippen LogP contribution is -2.05. The minimum atomic E-state index is 0.619. The van der Waals surface area contributed by atoms with Crippen LogP contribution in [0.2, 0.25) is 0 Å². The molecule has 0 spiro atoms. The van der Waals surface area contributed by atoms with Gasteiger partial charge in [-0.2, -0.15) is 0 Å². The van der Waals surface area contributed by atoms with Crippen molar-refractivity contribution in [3.05, 3.63) is 218 Å². The molecule has 0 saturated heterocycles. The van der Waals surface area contributed by atoms with Gasteiger partial charge >= 0.3 is 0 Å². The normalized spacial score (nSPS) is 11.9. The lowest BCUT2D eigenvalue weighted by atomic mass is 9.96. The standard InChI is InChI=1S/C61H36N4S/c1-2-14-37(15-3-1)39-26-29-41(30-27-39)59-62-60(45-31-28-38-16-4-5-18-42(38)34-45)64-61(63-59)56-55-49-24-12-13-25-53(49)66-58(55)48-23-11-10-22-47(48)57(56)65-51-33-32-40-17-8-9-21-46(40)54(51)50-35-43-19-6-7-20-44(43)36-52(50)65/h1-36H. The van der Waals surface area contributed by atoms with E-state index < -0.39 is 0 Å². The van der Waals surface area contributed by atoms with Crippen LogP contribution in [0.4, 0.5) is 0 Å². The van der Waals surface area contributed by atoms with Gasteiger partial charge in [0.1, 0.15) is 0 Å². The molecule has 3 aromatic heterocycles. The van der Waals surface area contributed by atoms with Crippen LogP contribution in [0.15, 0.2) is 218 Å². The first-order chi connectivity index (χ1) is 32.7. The molecule has 0 atom stereocenters. The Hall–Kier alpha value is -8.51. The van der Waals surface area contributed by atoms with Crippen molar-refractivity contribution in [3.63, 3.8) is 0 Å². The van der Waals surface area contributed by atoms with Crippen LogP contribution < -0.4 is 0 Å². The molecule has 306 valence electrons. The molecule has 0 unspecified atom stereocenters. The van der Waals surface area contributed by atoms with Gasteiger partial charge in [-0.05, 0) is 73.8 Å². The van der Waals surface area contributed by atoms with Crippen LogP contribution in [-0.2, 0) is 0 Å². The van der Waals surface area contributed by atoms with Crippen molar-refractivity contribution in [1.82, 2.24) is 19.5 Å². The second-order valence-electron chi connectivity index (χ2n) is 17.1. The van der Waals surface area contributed by atoms with Gasteiger partial charge < -0.3 is 4.57 Å². The second kappa shape index (κ2) is 14.5. The number of aromatic nitrogens is 4. The smallest absolute Gasteiger partial charge is 0.166 e. The number of fused-ring (bicyclic) bond motifs is 12. The van der Waals surface area contributed by atoms with Gasteiger partial charge in [-0.25, -0.2) is 15.0 Å². The second-order valence-corrected chi connectivity index (χ2v) is 18.2. The fourth-order valence-electron chi connectivity index (χ4n) is 10.3. The van der Waals surface area contributed by atoms with Crippen LogP contribution in [0.1, 0.15) is 0 Å². The summed E-state index contributed by atoms with van der Waals surface area (Å²) >= 11 is 1.84. The lowest BCUT2D eigenvalue weighted by Gasteiger charge is -2.19. The van der Waals surface area contributed by atoms with Gasteiger partial charge in [0.15, 0.2) is 17.5 Å². The van der Waals surface area contributed by atoms with Crippen molar-refractivity contribution in [1.29, 1.82) is 0 Å². The molecule has 14 aromatic rings. The van der Waals surface area contributed by atoms with Crippen LogP contribution in [0, 0.1) is 0 Å². The quantitative estimate of drug-likeness (QED) is 0.173. The van der Waals surface area contributed by atoms with E-state index in [0.717, 1.165) is 60.7 Å². The van der Waals surface area contributed by atoms with Gasteiger partial charge in [-0.3, -0.25) is 0 Å². The third kappa shape index (κ3) is 5.67. The largest absolute Gasteiger partial charge is 0.308 e. The summed E-state index contributed by atoms with van der Waals surface area (Å²) in [6.07, 6.45) is 0. The predicted octanol–water partition coefficient (Wildman–Crippen LogP) is 16.6. The maximum atomic E-state index is 5.61. The zero-order valence-corrected chi connectivity index (χ0v) is 36.3. The first-order valence-electron chi connectivity index (χ1n) is 22.3. The number of hydrogen-bond acceptors (Lipinski definition) is 4. The van der Waals surface area contributed by atoms with Crippen LogP contribution in [0.25, 0.3) is 136 Å². The van der Waals surface area contributed by atoms with E-state index in [1.54, 1.807) is 0 Å². The Labute approximate surface area is 383 Å². The van der Waals surface area contributed by atoms with Gasteiger partial charge in [0.25, 0.3) is 0 Å². The summed E-state index contributed by atoms with van der Waals surface area (Å²) in [5.41, 5.74) is 8.44. The van der Waals surface area contributed by atoms with Crippen LogP contribution >= 0.6 is 11.3 Å². The lowest BCUT2D eigenvalue weighted by molar-refractivity contribution is 1.07. The van der Waals surface area contributed by atoms with E-state index in [9.17, 15) is 0 Å². The van der Waals surface area contributed by atoms with Crippen LogP contribution in [-0.4, -0.2) is 19.5 Å². The number of rotatable bonds is 5. The highest BCUT2D eigenvalue weighted by atomic mass is 32.1. The topological polar surface area (TPSA) is 43.6 Å². The fraction of sp³-hybridized carbons (Fsp3) is 0. The maximum absolute atomic E-state index is 5.61. The monoisotopic (exact) mass is 856 g/mol. The Bertz CT molecular complexity index is 4280. The summed E-state index contributed by atoms with van der Waals surface area (Å²) in [5.74, 6) is 1.87. The van der Waals surface area contributed by atoms with Gasteiger partial charge in [0.2, 0.25) is 0 Å². The van der Waals surface area contributed by atoms with Crippen molar-refractivity contribution in [3.8, 4) is 51.0 Å². The SMILES string of the molecule is c1ccc(-c2ccc(-c3nc(-c4ccc5ccccc5c4)nc(-c4c(-n5c6cc7ccccc7cc6c6c7ccccc7ccc65)c5ccccc5c5sc6ccccc6c45)n3)cc2)cc1. The van der Waals surface area contributed by atoms with Crippen molar-refractivity contribution in [2.45, 2.75) is 0 Å². The van der Waals surface area contributed by atoms with Gasteiger partial charge in [-0.1, -0.05) is 188 Å². The molecular weight excluding hydrogens is 821 g/mol. The zero-order valence-electron chi connectivity index (χ0n) is 35.5. The van der Waals surface area contributed by atoms with Gasteiger partial charge in [-0.15, -0.1) is 11.3 Å². The number of thiophene rings is 1. The first kappa shape index (κ1) is 36.9. The zero-order chi connectivity index (χ0) is 43.3. The van der Waals surface area contributed by atoms with E-state index in [1.165, 1.54) is 57.9 Å². The molecule has 0 amide bonds. The number of benzene rings is 11. The Kier molecular flexibility index (Phi) is 8.12. The third-order valence-corrected chi connectivity index (χ3v) is 14.6. The van der Waals surface area contributed by atoms with E-state index >= 15 is 0 Å². The number of nitrogens with zero attached hydrogens (tertiary/aromatic N) is 4.